The molecule has 0 atom stereocenters. The molecule has 4 nitrogen and oxygen atoms in total. The number of nitrogens with zero attached hydrogens (tertiary/aromatic N) is 1. The number of rotatable bonds is 7. The summed E-state index contributed by atoms with van der Waals surface area (Å²) < 4.78 is 20.0. The van der Waals surface area contributed by atoms with Gasteiger partial charge in [-0.1, -0.05) is 41.9 Å². The zero-order chi connectivity index (χ0) is 21.6. The monoisotopic (exact) mass is 438 g/mol. The van der Waals surface area contributed by atoms with E-state index in [-0.39, 0.29) is 12.3 Å². The van der Waals surface area contributed by atoms with Crippen LogP contribution in [0.3, 0.4) is 0 Å². The highest BCUT2D eigenvalue weighted by Gasteiger charge is 2.12. The van der Waals surface area contributed by atoms with Crippen LogP contribution in [0.4, 0.5) is 10.1 Å². The summed E-state index contributed by atoms with van der Waals surface area (Å²) in [4.78, 5) is 14.6. The van der Waals surface area contributed by atoms with Crippen molar-refractivity contribution in [1.29, 1.82) is 0 Å². The minimum absolute atomic E-state index is 0.118. The van der Waals surface area contributed by atoms with Crippen molar-refractivity contribution in [2.45, 2.75) is 19.4 Å². The maximum atomic E-state index is 14.5. The highest BCUT2D eigenvalue weighted by molar-refractivity contribution is 6.30. The van der Waals surface area contributed by atoms with Crippen molar-refractivity contribution >= 4 is 23.2 Å². The summed E-state index contributed by atoms with van der Waals surface area (Å²) in [6.45, 7) is 3.04. The van der Waals surface area contributed by atoms with Gasteiger partial charge >= 0.3 is 0 Å². The van der Waals surface area contributed by atoms with Crippen LogP contribution in [0.15, 0.2) is 66.7 Å². The number of ether oxygens (including phenoxy) is 1. The Morgan fingerprint density at radius 2 is 1.65 bits per heavy atom. The lowest BCUT2D eigenvalue weighted by atomic mass is 10.1. The standard InChI is InChI=1S/C25H24ClFN2O2/c26-21-8-5-19(6-9-21)20-7-12-24(23(27)15-20)28-25(30)17-31-22-10-3-18(4-11-22)16-29-13-1-2-14-29/h3-12,15H,1-2,13-14,16-17H2,(H,28,30). The van der Waals surface area contributed by atoms with Gasteiger partial charge in [-0.3, -0.25) is 9.69 Å². The second-order valence-corrected chi connectivity index (χ2v) is 8.10. The first-order valence-electron chi connectivity index (χ1n) is 10.4. The van der Waals surface area contributed by atoms with Crippen molar-refractivity contribution in [3.8, 4) is 16.9 Å². The van der Waals surface area contributed by atoms with Crippen molar-refractivity contribution in [2.75, 3.05) is 25.0 Å². The topological polar surface area (TPSA) is 41.6 Å². The fourth-order valence-electron chi connectivity index (χ4n) is 3.66. The van der Waals surface area contributed by atoms with Crippen LogP contribution in [0.5, 0.6) is 5.75 Å². The molecule has 3 aromatic carbocycles. The Balaban J connectivity index is 1.29. The molecule has 1 heterocycles. The smallest absolute Gasteiger partial charge is 0.262 e. The van der Waals surface area contributed by atoms with Crippen molar-refractivity contribution in [2.24, 2.45) is 0 Å². The summed E-state index contributed by atoms with van der Waals surface area (Å²) in [6, 6.07) is 19.6. The molecule has 6 heteroatoms. The predicted octanol–water partition coefficient (Wildman–Crippen LogP) is 5.76. The van der Waals surface area contributed by atoms with Crippen LogP contribution in [0.1, 0.15) is 18.4 Å². The zero-order valence-electron chi connectivity index (χ0n) is 17.1. The van der Waals surface area contributed by atoms with Crippen molar-refractivity contribution < 1.29 is 13.9 Å². The van der Waals surface area contributed by atoms with Crippen molar-refractivity contribution in [3.63, 3.8) is 0 Å². The number of hydrogen-bond donors (Lipinski definition) is 1. The van der Waals surface area contributed by atoms with Gasteiger partial charge in [-0.2, -0.15) is 0 Å². The van der Waals surface area contributed by atoms with Gasteiger partial charge < -0.3 is 10.1 Å². The Morgan fingerprint density at radius 3 is 2.32 bits per heavy atom. The lowest BCUT2D eigenvalue weighted by molar-refractivity contribution is -0.118. The van der Waals surface area contributed by atoms with Gasteiger partial charge in [0.15, 0.2) is 6.61 Å². The van der Waals surface area contributed by atoms with E-state index in [1.807, 2.05) is 36.4 Å². The fraction of sp³-hybridized carbons (Fsp3) is 0.240. The molecule has 1 amide bonds. The SMILES string of the molecule is O=C(COc1ccc(CN2CCCC2)cc1)Nc1ccc(-c2ccc(Cl)cc2)cc1F. The van der Waals surface area contributed by atoms with Gasteiger partial charge in [-0.15, -0.1) is 0 Å². The van der Waals surface area contributed by atoms with Crippen LogP contribution in [-0.4, -0.2) is 30.5 Å². The summed E-state index contributed by atoms with van der Waals surface area (Å²) in [7, 11) is 0. The number of likely N-dealkylation sites (tertiary alicyclic amines) is 1. The summed E-state index contributed by atoms with van der Waals surface area (Å²) in [6.07, 6.45) is 2.53. The number of halogens is 2. The summed E-state index contributed by atoms with van der Waals surface area (Å²) in [5, 5.41) is 3.18. The van der Waals surface area contributed by atoms with Gasteiger partial charge in [0.1, 0.15) is 11.6 Å². The predicted molar refractivity (Wildman–Crippen MR) is 122 cm³/mol. The third kappa shape index (κ3) is 5.84. The zero-order valence-corrected chi connectivity index (χ0v) is 17.9. The van der Waals surface area contributed by atoms with E-state index in [4.69, 9.17) is 16.3 Å². The molecule has 31 heavy (non-hydrogen) atoms. The Labute approximate surface area is 186 Å². The Hall–Kier alpha value is -2.89. The van der Waals surface area contributed by atoms with E-state index in [0.29, 0.717) is 16.3 Å². The van der Waals surface area contributed by atoms with E-state index in [1.54, 1.807) is 24.3 Å². The Kier molecular flexibility index (Phi) is 6.85. The molecule has 0 spiro atoms. The first kappa shape index (κ1) is 21.3. The van der Waals surface area contributed by atoms with Crippen LogP contribution in [-0.2, 0) is 11.3 Å². The third-order valence-corrected chi connectivity index (χ3v) is 5.57. The van der Waals surface area contributed by atoms with Gasteiger partial charge in [-0.25, -0.2) is 4.39 Å². The first-order chi connectivity index (χ1) is 15.1. The summed E-state index contributed by atoms with van der Waals surface area (Å²) in [5.74, 6) is -0.315. The molecule has 160 valence electrons. The van der Waals surface area contributed by atoms with Crippen LogP contribution in [0.25, 0.3) is 11.1 Å². The van der Waals surface area contributed by atoms with Gasteiger partial charge in [0.25, 0.3) is 5.91 Å². The molecule has 1 N–H and O–H groups in total. The van der Waals surface area contributed by atoms with Gasteiger partial charge in [-0.05, 0) is 79.0 Å². The van der Waals surface area contributed by atoms with Gasteiger partial charge in [0.05, 0.1) is 5.69 Å². The van der Waals surface area contributed by atoms with Crippen LogP contribution in [0.2, 0.25) is 5.02 Å². The highest BCUT2D eigenvalue weighted by Crippen LogP contribution is 2.25. The van der Waals surface area contributed by atoms with Gasteiger partial charge in [0, 0.05) is 11.6 Å². The maximum absolute atomic E-state index is 14.5. The molecule has 0 aliphatic carbocycles. The fourth-order valence-corrected chi connectivity index (χ4v) is 3.79. The first-order valence-corrected chi connectivity index (χ1v) is 10.7. The minimum Gasteiger partial charge on any atom is -0.484 e. The number of nitrogens with one attached hydrogen (secondary N) is 1. The molecule has 0 unspecified atom stereocenters. The normalized spacial score (nSPS) is 13.9. The molecular weight excluding hydrogens is 415 g/mol. The molecule has 1 fully saturated rings. The Bertz CT molecular complexity index is 1030. The molecule has 1 saturated heterocycles. The molecular formula is C25H24ClFN2O2. The van der Waals surface area contributed by atoms with Gasteiger partial charge in [0.2, 0.25) is 0 Å². The molecule has 0 aromatic heterocycles. The number of carbonyl (C=O) groups is 1. The van der Waals surface area contributed by atoms with E-state index in [0.717, 1.165) is 25.2 Å². The summed E-state index contributed by atoms with van der Waals surface area (Å²) >= 11 is 5.89. The number of benzene rings is 3. The van der Waals surface area contributed by atoms with E-state index in [9.17, 15) is 9.18 Å². The van der Waals surface area contributed by atoms with Crippen LogP contribution >= 0.6 is 11.6 Å². The molecule has 4 rings (SSSR count). The number of hydrogen-bond acceptors (Lipinski definition) is 3. The van der Waals surface area contributed by atoms with Crippen LogP contribution in [0, 0.1) is 5.82 Å². The molecule has 0 radical (unpaired) electrons. The quantitative estimate of drug-likeness (QED) is 0.510. The Morgan fingerprint density at radius 1 is 0.968 bits per heavy atom. The largest absolute Gasteiger partial charge is 0.484 e. The maximum Gasteiger partial charge on any atom is 0.262 e. The molecule has 1 aliphatic heterocycles. The number of anilines is 1. The average Bonchev–Trinajstić information content (AvgIpc) is 3.28. The number of carbonyl (C=O) groups excluding carboxylic acids is 1. The lowest BCUT2D eigenvalue weighted by Crippen LogP contribution is -2.21. The van der Waals surface area contributed by atoms with E-state index in [1.165, 1.54) is 24.5 Å². The van der Waals surface area contributed by atoms with E-state index >= 15 is 0 Å². The number of amides is 1. The van der Waals surface area contributed by atoms with Crippen molar-refractivity contribution in [1.82, 2.24) is 4.90 Å². The van der Waals surface area contributed by atoms with Crippen LogP contribution < -0.4 is 10.1 Å². The average molecular weight is 439 g/mol. The molecule has 3 aromatic rings. The molecule has 1 aliphatic rings. The van der Waals surface area contributed by atoms with E-state index < -0.39 is 11.7 Å². The summed E-state index contributed by atoms with van der Waals surface area (Å²) in [5.41, 5.74) is 2.89. The van der Waals surface area contributed by atoms with E-state index in [2.05, 4.69) is 10.2 Å². The van der Waals surface area contributed by atoms with Crippen molar-refractivity contribution in [3.05, 3.63) is 83.1 Å². The second kappa shape index (κ2) is 9.94. The highest BCUT2D eigenvalue weighted by atomic mass is 35.5. The minimum atomic E-state index is -0.507. The third-order valence-electron chi connectivity index (χ3n) is 5.32. The second-order valence-electron chi connectivity index (χ2n) is 7.67. The lowest BCUT2D eigenvalue weighted by Gasteiger charge is -2.14. The molecule has 0 saturated carbocycles. The molecule has 0 bridgehead atoms.